The van der Waals surface area contributed by atoms with Gasteiger partial charge in [-0.2, -0.15) is 5.26 Å². The van der Waals surface area contributed by atoms with Crippen molar-refractivity contribution in [2.24, 2.45) is 0 Å². The van der Waals surface area contributed by atoms with Gasteiger partial charge in [0.2, 0.25) is 0 Å². The van der Waals surface area contributed by atoms with Gasteiger partial charge in [-0.1, -0.05) is 0 Å². The van der Waals surface area contributed by atoms with Crippen LogP contribution < -0.4 is 0 Å². The van der Waals surface area contributed by atoms with Gasteiger partial charge in [0.1, 0.15) is 0 Å². The summed E-state index contributed by atoms with van der Waals surface area (Å²) in [5.41, 5.74) is 0. The molecule has 0 aliphatic carbocycles. The van der Waals surface area contributed by atoms with Crippen LogP contribution in [0.5, 0.6) is 0 Å². The maximum Gasteiger partial charge on any atom is 0.0863 e. The Morgan fingerprint density at radius 2 is 2.30 bits per heavy atom. The summed E-state index contributed by atoms with van der Waals surface area (Å²) in [6, 6.07) is 2.07. The van der Waals surface area contributed by atoms with Crippen LogP contribution in [0, 0.1) is 23.7 Å². The largest absolute Gasteiger partial charge is 0.294 e. The number of rotatable bonds is 4. The van der Waals surface area contributed by atoms with E-state index in [9.17, 15) is 0 Å². The molecule has 0 rings (SSSR count). The van der Waals surface area contributed by atoms with Crippen molar-refractivity contribution in [3.8, 4) is 18.4 Å². The molecule has 0 heterocycles. The highest BCUT2D eigenvalue weighted by Gasteiger charge is 1.93. The fourth-order valence-electron chi connectivity index (χ4n) is 0.651. The van der Waals surface area contributed by atoms with E-state index in [0.29, 0.717) is 6.54 Å². The first-order valence-electron chi connectivity index (χ1n) is 3.30. The van der Waals surface area contributed by atoms with Gasteiger partial charge in [0.05, 0.1) is 12.6 Å². The second-order valence-corrected chi connectivity index (χ2v) is 2.20. The van der Waals surface area contributed by atoms with E-state index in [1.807, 2.05) is 11.9 Å². The van der Waals surface area contributed by atoms with E-state index < -0.39 is 0 Å². The van der Waals surface area contributed by atoms with Crippen LogP contribution in [0.4, 0.5) is 0 Å². The van der Waals surface area contributed by atoms with Crippen LogP contribution in [0.3, 0.4) is 0 Å². The third-order valence-electron chi connectivity index (χ3n) is 1.20. The van der Waals surface area contributed by atoms with E-state index in [-0.39, 0.29) is 0 Å². The van der Waals surface area contributed by atoms with Gasteiger partial charge in [-0.25, -0.2) is 0 Å². The fraction of sp³-hybridized carbons (Fsp3) is 0.625. The Balaban J connectivity index is 3.16. The van der Waals surface area contributed by atoms with E-state index >= 15 is 0 Å². The topological polar surface area (TPSA) is 27.0 Å². The molecule has 0 aromatic carbocycles. The van der Waals surface area contributed by atoms with Crippen LogP contribution in [-0.4, -0.2) is 25.0 Å². The first-order valence-corrected chi connectivity index (χ1v) is 3.30. The monoisotopic (exact) mass is 136 g/mol. The Bertz CT molecular complexity index is 150. The second kappa shape index (κ2) is 6.13. The molecule has 0 radical (unpaired) electrons. The molecular formula is C8H12N2. The summed E-state index contributed by atoms with van der Waals surface area (Å²) in [5.74, 6) is 2.56. The molecule has 0 spiro atoms. The molecule has 0 aliphatic rings. The zero-order valence-corrected chi connectivity index (χ0v) is 6.30. The summed E-state index contributed by atoms with van der Waals surface area (Å²) in [4.78, 5) is 1.96. The van der Waals surface area contributed by atoms with E-state index in [2.05, 4.69) is 12.0 Å². The molecule has 0 saturated carbocycles. The van der Waals surface area contributed by atoms with Crippen molar-refractivity contribution in [3.63, 3.8) is 0 Å². The number of nitrogens with zero attached hydrogens (tertiary/aromatic N) is 2. The molecule has 0 N–H and O–H groups in total. The van der Waals surface area contributed by atoms with Gasteiger partial charge in [-0.3, -0.25) is 4.90 Å². The van der Waals surface area contributed by atoms with Gasteiger partial charge in [-0.15, -0.1) is 12.3 Å². The highest BCUT2D eigenvalue weighted by molar-refractivity contribution is 4.83. The molecule has 2 nitrogen and oxygen atoms in total. The normalized spacial score (nSPS) is 8.80. The van der Waals surface area contributed by atoms with Crippen LogP contribution in [0.15, 0.2) is 0 Å². The number of hydrogen-bond donors (Lipinski definition) is 0. The van der Waals surface area contributed by atoms with E-state index in [0.717, 1.165) is 19.4 Å². The molecule has 0 aromatic heterocycles. The Hall–Kier alpha value is -0.990. The van der Waals surface area contributed by atoms with Crippen molar-refractivity contribution in [3.05, 3.63) is 0 Å². The molecule has 0 unspecified atom stereocenters. The molecule has 10 heavy (non-hydrogen) atoms. The number of unbranched alkanes of at least 4 members (excludes halogenated alkanes) is 1. The van der Waals surface area contributed by atoms with Crippen molar-refractivity contribution >= 4 is 0 Å². The third kappa shape index (κ3) is 5.15. The average molecular weight is 136 g/mol. The van der Waals surface area contributed by atoms with Crippen molar-refractivity contribution in [1.29, 1.82) is 5.26 Å². The van der Waals surface area contributed by atoms with E-state index in [1.165, 1.54) is 0 Å². The van der Waals surface area contributed by atoms with Gasteiger partial charge in [0.25, 0.3) is 0 Å². The summed E-state index contributed by atoms with van der Waals surface area (Å²) in [7, 11) is 1.92. The molecular weight excluding hydrogens is 124 g/mol. The predicted molar refractivity (Wildman–Crippen MR) is 41.2 cm³/mol. The lowest BCUT2D eigenvalue weighted by Crippen LogP contribution is -2.19. The van der Waals surface area contributed by atoms with Gasteiger partial charge in [0.15, 0.2) is 0 Å². The lowest BCUT2D eigenvalue weighted by atomic mass is 10.3. The minimum absolute atomic E-state index is 0.491. The Kier molecular flexibility index (Phi) is 5.53. The van der Waals surface area contributed by atoms with E-state index in [4.69, 9.17) is 11.7 Å². The first-order chi connectivity index (χ1) is 4.81. The molecule has 0 amide bonds. The molecule has 0 aromatic rings. The minimum atomic E-state index is 0.491. The quantitative estimate of drug-likeness (QED) is 0.325. The van der Waals surface area contributed by atoms with Crippen LogP contribution >= 0.6 is 0 Å². The predicted octanol–water partition coefficient (Wildman–Crippen LogP) is 0.855. The average Bonchev–Trinajstić information content (AvgIpc) is 1.89. The fourth-order valence-corrected chi connectivity index (χ4v) is 0.651. The summed E-state index contributed by atoms with van der Waals surface area (Å²) >= 11 is 0. The molecule has 0 saturated heterocycles. The van der Waals surface area contributed by atoms with Gasteiger partial charge in [0, 0.05) is 6.42 Å². The van der Waals surface area contributed by atoms with E-state index in [1.54, 1.807) is 0 Å². The van der Waals surface area contributed by atoms with Crippen LogP contribution in [0.1, 0.15) is 12.8 Å². The number of terminal acetylenes is 1. The lowest BCUT2D eigenvalue weighted by molar-refractivity contribution is 0.370. The zero-order valence-electron chi connectivity index (χ0n) is 6.30. The van der Waals surface area contributed by atoms with Crippen molar-refractivity contribution < 1.29 is 0 Å². The molecule has 0 aliphatic heterocycles. The molecule has 0 atom stereocenters. The van der Waals surface area contributed by atoms with Gasteiger partial charge < -0.3 is 0 Å². The SMILES string of the molecule is C#CCCCN(C)CC#N. The van der Waals surface area contributed by atoms with Crippen molar-refractivity contribution in [2.75, 3.05) is 20.1 Å². The van der Waals surface area contributed by atoms with Gasteiger partial charge in [-0.05, 0) is 20.0 Å². The number of nitriles is 1. The molecule has 0 fully saturated rings. The highest BCUT2D eigenvalue weighted by Crippen LogP contribution is 1.89. The Morgan fingerprint density at radius 3 is 2.80 bits per heavy atom. The Labute approximate surface area is 62.4 Å². The smallest absolute Gasteiger partial charge is 0.0863 e. The first kappa shape index (κ1) is 9.01. The standard InChI is InChI=1S/C8H12N2/c1-3-4-5-7-10(2)8-6-9/h1H,4-5,7-8H2,2H3. The summed E-state index contributed by atoms with van der Waals surface area (Å²) in [5, 5.41) is 8.26. The second-order valence-electron chi connectivity index (χ2n) is 2.20. The number of hydrogen-bond acceptors (Lipinski definition) is 2. The third-order valence-corrected chi connectivity index (χ3v) is 1.20. The van der Waals surface area contributed by atoms with Crippen LogP contribution in [0.25, 0.3) is 0 Å². The minimum Gasteiger partial charge on any atom is -0.294 e. The maximum absolute atomic E-state index is 8.26. The summed E-state index contributed by atoms with van der Waals surface area (Å²) in [6.45, 7) is 1.41. The summed E-state index contributed by atoms with van der Waals surface area (Å²) in [6.07, 6.45) is 6.84. The molecule has 2 heteroatoms. The zero-order chi connectivity index (χ0) is 7.82. The highest BCUT2D eigenvalue weighted by atomic mass is 15.1. The summed E-state index contributed by atoms with van der Waals surface area (Å²) < 4.78 is 0. The Morgan fingerprint density at radius 1 is 1.60 bits per heavy atom. The van der Waals surface area contributed by atoms with Crippen LogP contribution in [0.2, 0.25) is 0 Å². The van der Waals surface area contributed by atoms with Crippen molar-refractivity contribution in [2.45, 2.75) is 12.8 Å². The van der Waals surface area contributed by atoms with Crippen LogP contribution in [-0.2, 0) is 0 Å². The lowest BCUT2D eigenvalue weighted by Gasteiger charge is -2.09. The van der Waals surface area contributed by atoms with Gasteiger partial charge >= 0.3 is 0 Å². The molecule has 0 bridgehead atoms. The molecule has 54 valence electrons. The van der Waals surface area contributed by atoms with Crippen molar-refractivity contribution in [1.82, 2.24) is 4.90 Å². The maximum atomic E-state index is 8.26.